The molecule has 171 valence electrons. The van der Waals surface area contributed by atoms with Crippen molar-refractivity contribution < 1.29 is 4.74 Å². The fraction of sp³-hybridized carbons (Fsp3) is 0.258. The van der Waals surface area contributed by atoms with Crippen LogP contribution in [0.3, 0.4) is 0 Å². The molecule has 0 saturated carbocycles. The topological polar surface area (TPSA) is 24.8 Å². The van der Waals surface area contributed by atoms with Crippen molar-refractivity contribution in [1.82, 2.24) is 4.90 Å². The Morgan fingerprint density at radius 1 is 0.912 bits per heavy atom. The molecule has 0 N–H and O–H groups in total. The molecule has 2 heterocycles. The summed E-state index contributed by atoms with van der Waals surface area (Å²) in [6, 6.07) is 31.7. The summed E-state index contributed by atoms with van der Waals surface area (Å²) in [5, 5.41) is 0. The molecule has 3 aromatic carbocycles. The number of likely N-dealkylation sites (tertiary alicyclic amines) is 1. The van der Waals surface area contributed by atoms with E-state index in [1.54, 1.807) is 0 Å². The molecule has 0 bridgehead atoms. The largest absolute Gasteiger partial charge is 0.474 e. The summed E-state index contributed by atoms with van der Waals surface area (Å²) in [6.45, 7) is 5.37. The molecule has 3 heteroatoms. The summed E-state index contributed by atoms with van der Waals surface area (Å²) >= 11 is 0. The molecule has 3 aromatic rings. The van der Waals surface area contributed by atoms with E-state index < -0.39 is 0 Å². The molecule has 0 aliphatic carbocycles. The van der Waals surface area contributed by atoms with Crippen LogP contribution in [0.25, 0.3) is 5.57 Å². The minimum Gasteiger partial charge on any atom is -0.474 e. The monoisotopic (exact) mass is 447 g/mol. The molecule has 1 fully saturated rings. The van der Waals surface area contributed by atoms with E-state index in [2.05, 4.69) is 108 Å². The first-order valence-electron chi connectivity index (χ1n) is 12.2. The van der Waals surface area contributed by atoms with Crippen LogP contribution < -0.4 is 0 Å². The third kappa shape index (κ3) is 5.37. The van der Waals surface area contributed by atoms with Gasteiger partial charge in [0.05, 0.1) is 6.21 Å². The van der Waals surface area contributed by atoms with Crippen molar-refractivity contribution >= 4 is 11.8 Å². The number of nitrogens with zero attached hydrogens (tertiary/aromatic N) is 2. The van der Waals surface area contributed by atoms with E-state index in [-0.39, 0.29) is 6.10 Å². The molecule has 34 heavy (non-hydrogen) atoms. The molecule has 0 aromatic heterocycles. The predicted molar refractivity (Wildman–Crippen MR) is 139 cm³/mol. The quantitative estimate of drug-likeness (QED) is 0.425. The number of allylic oxidation sites excluding steroid dienone is 2. The zero-order valence-corrected chi connectivity index (χ0v) is 19.7. The second-order valence-electron chi connectivity index (χ2n) is 9.20. The van der Waals surface area contributed by atoms with Crippen LogP contribution in [-0.4, -0.2) is 30.3 Å². The lowest BCUT2D eigenvalue weighted by Gasteiger charge is -2.37. The van der Waals surface area contributed by atoms with Crippen molar-refractivity contribution in [1.29, 1.82) is 0 Å². The van der Waals surface area contributed by atoms with Gasteiger partial charge in [0.2, 0.25) is 5.88 Å². The number of benzene rings is 3. The van der Waals surface area contributed by atoms with Crippen molar-refractivity contribution in [3.05, 3.63) is 125 Å². The van der Waals surface area contributed by atoms with Gasteiger partial charge < -0.3 is 4.74 Å². The summed E-state index contributed by atoms with van der Waals surface area (Å²) in [5.41, 5.74) is 6.01. The first-order chi connectivity index (χ1) is 16.8. The Bertz CT molecular complexity index is 1120. The minimum absolute atomic E-state index is 0.192. The molecule has 5 rings (SSSR count). The van der Waals surface area contributed by atoms with E-state index in [1.807, 2.05) is 12.1 Å². The lowest BCUT2D eigenvalue weighted by atomic mass is 9.91. The Balaban J connectivity index is 1.25. The maximum absolute atomic E-state index is 6.37. The van der Waals surface area contributed by atoms with Gasteiger partial charge in [-0.15, -0.1) is 0 Å². The van der Waals surface area contributed by atoms with Crippen LogP contribution >= 0.6 is 0 Å². The van der Waals surface area contributed by atoms with E-state index in [0.717, 1.165) is 38.0 Å². The van der Waals surface area contributed by atoms with Gasteiger partial charge in [0, 0.05) is 25.6 Å². The van der Waals surface area contributed by atoms with Crippen molar-refractivity contribution in [2.24, 2.45) is 10.9 Å². The molecular weight excluding hydrogens is 416 g/mol. The summed E-state index contributed by atoms with van der Waals surface area (Å²) in [4.78, 5) is 7.14. The third-order valence-electron chi connectivity index (χ3n) is 6.64. The highest BCUT2D eigenvalue weighted by molar-refractivity contribution is 5.97. The van der Waals surface area contributed by atoms with Crippen LogP contribution in [0.5, 0.6) is 0 Å². The lowest BCUT2D eigenvalue weighted by Crippen LogP contribution is -2.42. The molecule has 1 radical (unpaired) electrons. The molecule has 0 amide bonds. The van der Waals surface area contributed by atoms with E-state index in [0.29, 0.717) is 11.8 Å². The fourth-order valence-corrected chi connectivity index (χ4v) is 4.89. The number of hydrogen-bond acceptors (Lipinski definition) is 3. The van der Waals surface area contributed by atoms with Gasteiger partial charge in [-0.3, -0.25) is 4.90 Å². The zero-order valence-electron chi connectivity index (χ0n) is 19.7. The zero-order chi connectivity index (χ0) is 23.2. The number of piperidine rings is 1. The highest BCUT2D eigenvalue weighted by atomic mass is 16.5. The van der Waals surface area contributed by atoms with Crippen LogP contribution in [0, 0.1) is 5.92 Å². The van der Waals surface area contributed by atoms with Gasteiger partial charge in [0.15, 0.2) is 0 Å². The second kappa shape index (κ2) is 10.7. The Kier molecular flexibility index (Phi) is 7.02. The summed E-state index contributed by atoms with van der Waals surface area (Å²) < 4.78 is 6.37. The summed E-state index contributed by atoms with van der Waals surface area (Å²) in [6.07, 6.45) is 7.40. The molecule has 3 nitrogen and oxygen atoms in total. The Morgan fingerprint density at radius 2 is 1.53 bits per heavy atom. The van der Waals surface area contributed by atoms with Crippen LogP contribution in [0.1, 0.15) is 36.5 Å². The number of ether oxygens (including phenoxy) is 1. The molecular formula is C31H31N2O. The molecule has 2 aliphatic heterocycles. The van der Waals surface area contributed by atoms with Gasteiger partial charge in [-0.2, -0.15) is 0 Å². The van der Waals surface area contributed by atoms with Gasteiger partial charge >= 0.3 is 0 Å². The van der Waals surface area contributed by atoms with E-state index >= 15 is 0 Å². The van der Waals surface area contributed by atoms with Gasteiger partial charge in [-0.1, -0.05) is 97.9 Å². The predicted octanol–water partition coefficient (Wildman–Crippen LogP) is 6.61. The Labute approximate surface area is 203 Å². The van der Waals surface area contributed by atoms with E-state index in [9.17, 15) is 0 Å². The van der Waals surface area contributed by atoms with Gasteiger partial charge in [0.1, 0.15) is 6.10 Å². The Hall–Kier alpha value is -3.43. The second-order valence-corrected chi connectivity index (χ2v) is 9.20. The van der Waals surface area contributed by atoms with E-state index in [1.165, 1.54) is 22.3 Å². The van der Waals surface area contributed by atoms with Crippen LogP contribution in [0.15, 0.2) is 114 Å². The number of hydrogen-bond donors (Lipinski definition) is 0. The highest BCUT2D eigenvalue weighted by Crippen LogP contribution is 2.31. The average Bonchev–Trinajstić information content (AvgIpc) is 2.89. The lowest BCUT2D eigenvalue weighted by molar-refractivity contribution is 0.00533. The number of rotatable bonds is 6. The molecule has 0 unspecified atom stereocenters. The maximum atomic E-state index is 6.37. The number of aliphatic imine (C=N–C) groups is 1. The maximum Gasteiger partial charge on any atom is 0.210 e. The standard InChI is InChI=1S/C31H31N2O/c1-24-22-33(23-25-11-5-2-6-12-25)20-19-29(24)34-30-18-17-28(21-32-30)31(26-13-7-3-8-14-26)27-15-9-4-10-16-27/h2-16,18,24,29H,17,19-20,22-23H2,1H3/t24-,29-/m0/s1. The van der Waals surface area contributed by atoms with Crippen LogP contribution in [-0.2, 0) is 11.3 Å². The average molecular weight is 448 g/mol. The van der Waals surface area contributed by atoms with Crippen molar-refractivity contribution in [2.45, 2.75) is 32.4 Å². The first kappa shape index (κ1) is 22.4. The smallest absolute Gasteiger partial charge is 0.210 e. The van der Waals surface area contributed by atoms with Gasteiger partial charge in [0.25, 0.3) is 0 Å². The van der Waals surface area contributed by atoms with Crippen molar-refractivity contribution in [3.63, 3.8) is 0 Å². The summed E-state index contributed by atoms with van der Waals surface area (Å²) in [7, 11) is 0. The normalized spacial score (nSPS) is 20.6. The molecule has 2 aliphatic rings. The summed E-state index contributed by atoms with van der Waals surface area (Å²) in [5.74, 6) is 1.16. The third-order valence-corrected chi connectivity index (χ3v) is 6.64. The molecule has 0 spiro atoms. The molecule has 1 saturated heterocycles. The van der Waals surface area contributed by atoms with Gasteiger partial charge in [-0.05, 0) is 46.8 Å². The van der Waals surface area contributed by atoms with Crippen LogP contribution in [0.4, 0.5) is 0 Å². The van der Waals surface area contributed by atoms with Gasteiger partial charge in [-0.25, -0.2) is 4.99 Å². The van der Waals surface area contributed by atoms with Crippen molar-refractivity contribution in [2.75, 3.05) is 13.1 Å². The Morgan fingerprint density at radius 3 is 2.09 bits per heavy atom. The van der Waals surface area contributed by atoms with Crippen molar-refractivity contribution in [3.8, 4) is 0 Å². The highest BCUT2D eigenvalue weighted by Gasteiger charge is 2.28. The van der Waals surface area contributed by atoms with E-state index in [4.69, 9.17) is 4.74 Å². The fourth-order valence-electron chi connectivity index (χ4n) is 4.89. The first-order valence-corrected chi connectivity index (χ1v) is 12.2. The SMILES string of the molecule is C[C@H]1CN(Cc2ccccc2)CC[C@@H]1OC1=CCC(=C(c2ccccc2)c2ccccc2)[C]=N1. The molecule has 2 atom stereocenters. The van der Waals surface area contributed by atoms with Crippen LogP contribution in [0.2, 0.25) is 0 Å². The minimum atomic E-state index is 0.192.